The first-order chi connectivity index (χ1) is 5.24. The van der Waals surface area contributed by atoms with Crippen LogP contribution in [-0.2, 0) is 6.42 Å². The second-order valence-corrected chi connectivity index (χ2v) is 4.10. The van der Waals surface area contributed by atoms with Crippen LogP contribution in [0, 0.1) is 0 Å². The molecule has 0 heterocycles. The summed E-state index contributed by atoms with van der Waals surface area (Å²) in [5, 5.41) is 1.47. The lowest BCUT2D eigenvalue weighted by molar-refractivity contribution is 1.18. The Labute approximate surface area is 90.0 Å². The fourth-order valence-electron chi connectivity index (χ4n) is 0.826. The van der Waals surface area contributed by atoms with Gasteiger partial charge in [0.15, 0.2) is 0 Å². The molecule has 1 aromatic rings. The topological polar surface area (TPSA) is 0 Å². The van der Waals surface area contributed by atoms with E-state index in [-0.39, 0.29) is 0 Å². The lowest BCUT2D eigenvalue weighted by Gasteiger charge is -2.00. The lowest BCUT2D eigenvalue weighted by atomic mass is 10.2. The average Bonchev–Trinajstić information content (AvgIpc) is 1.95. The fraction of sp³-hybridized carbons (Fsp3) is 0.250. The molecule has 0 spiro atoms. The number of benzene rings is 1. The molecule has 3 heteroatoms. The summed E-state index contributed by atoms with van der Waals surface area (Å²) in [5.74, 6) is 0. The van der Waals surface area contributed by atoms with Crippen molar-refractivity contribution in [3.8, 4) is 0 Å². The summed E-state index contributed by atoms with van der Waals surface area (Å²) >= 11 is 14.0. The van der Waals surface area contributed by atoms with Crippen LogP contribution in [0.2, 0.25) is 10.0 Å². The summed E-state index contributed by atoms with van der Waals surface area (Å²) in [5.41, 5.74) is 1.17. The van der Waals surface area contributed by atoms with Gasteiger partial charge in [-0.25, -0.2) is 0 Å². The van der Waals surface area contributed by atoms with Gasteiger partial charge in [0, 0.05) is 14.5 Å². The molecule has 1 aromatic carbocycles. The van der Waals surface area contributed by atoms with Crippen molar-refractivity contribution >= 4 is 45.8 Å². The van der Waals surface area contributed by atoms with Crippen molar-refractivity contribution in [1.82, 2.24) is 0 Å². The van der Waals surface area contributed by atoms with Gasteiger partial charge < -0.3 is 0 Å². The molecule has 0 saturated heterocycles. The number of aryl methyl sites for hydroxylation is 1. The number of alkyl halides is 1. The monoisotopic (exact) mass is 300 g/mol. The quantitative estimate of drug-likeness (QED) is 0.573. The van der Waals surface area contributed by atoms with Crippen LogP contribution in [0.4, 0.5) is 0 Å². The summed E-state index contributed by atoms with van der Waals surface area (Å²) in [6, 6.07) is 5.63. The third-order valence-corrected chi connectivity index (χ3v) is 2.51. The minimum Gasteiger partial charge on any atom is -0.0860 e. The maximum absolute atomic E-state index is 5.92. The number of hydrogen-bond acceptors (Lipinski definition) is 0. The van der Waals surface area contributed by atoms with Gasteiger partial charge in [-0.15, -0.1) is 0 Å². The normalized spacial score (nSPS) is 10.1. The summed E-state index contributed by atoms with van der Waals surface area (Å²) < 4.78 is 1.08. The van der Waals surface area contributed by atoms with Crippen molar-refractivity contribution in [3.63, 3.8) is 0 Å². The molecular formula is C8H7Cl2I. The van der Waals surface area contributed by atoms with Gasteiger partial charge in [0.2, 0.25) is 0 Å². The molecule has 1 rings (SSSR count). The number of halogens is 3. The lowest BCUT2D eigenvalue weighted by Crippen LogP contribution is -1.86. The van der Waals surface area contributed by atoms with Gasteiger partial charge in [-0.05, 0) is 24.1 Å². The Morgan fingerprint density at radius 1 is 1.27 bits per heavy atom. The second kappa shape index (κ2) is 4.53. The van der Waals surface area contributed by atoms with E-state index >= 15 is 0 Å². The largest absolute Gasteiger partial charge is 0.0860 e. The third kappa shape index (κ3) is 2.80. The van der Waals surface area contributed by atoms with E-state index in [4.69, 9.17) is 23.2 Å². The Morgan fingerprint density at radius 2 is 2.00 bits per heavy atom. The molecule has 0 radical (unpaired) electrons. The standard InChI is InChI=1S/C8H7Cl2I/c9-7-2-1-6(3-4-11)8(10)5-7/h1-2,5H,3-4H2. The van der Waals surface area contributed by atoms with E-state index in [1.54, 1.807) is 6.07 Å². The zero-order valence-corrected chi connectivity index (χ0v) is 9.45. The van der Waals surface area contributed by atoms with Crippen LogP contribution in [-0.4, -0.2) is 4.43 Å². The van der Waals surface area contributed by atoms with Gasteiger partial charge in [-0.2, -0.15) is 0 Å². The van der Waals surface area contributed by atoms with Gasteiger partial charge >= 0.3 is 0 Å². The molecule has 0 aliphatic carbocycles. The van der Waals surface area contributed by atoms with E-state index in [0.29, 0.717) is 5.02 Å². The molecule has 0 aliphatic heterocycles. The zero-order valence-electron chi connectivity index (χ0n) is 5.78. The maximum Gasteiger partial charge on any atom is 0.0453 e. The molecule has 0 unspecified atom stereocenters. The van der Waals surface area contributed by atoms with Gasteiger partial charge in [0.25, 0.3) is 0 Å². The first-order valence-corrected chi connectivity index (χ1v) is 5.52. The highest BCUT2D eigenvalue weighted by Gasteiger charge is 1.98. The van der Waals surface area contributed by atoms with Crippen LogP contribution in [0.1, 0.15) is 5.56 Å². The predicted molar refractivity (Wildman–Crippen MR) is 59.1 cm³/mol. The van der Waals surface area contributed by atoms with Crippen molar-refractivity contribution in [2.45, 2.75) is 6.42 Å². The summed E-state index contributed by atoms with van der Waals surface area (Å²) in [6.07, 6.45) is 1.01. The predicted octanol–water partition coefficient (Wildman–Crippen LogP) is 3.97. The van der Waals surface area contributed by atoms with Crippen LogP contribution >= 0.6 is 45.8 Å². The van der Waals surface area contributed by atoms with E-state index in [0.717, 1.165) is 15.9 Å². The molecule has 0 aliphatic rings. The van der Waals surface area contributed by atoms with Gasteiger partial charge in [0.1, 0.15) is 0 Å². The highest BCUT2D eigenvalue weighted by Crippen LogP contribution is 2.21. The van der Waals surface area contributed by atoms with Crippen LogP contribution in [0.5, 0.6) is 0 Å². The summed E-state index contributed by atoms with van der Waals surface area (Å²) in [4.78, 5) is 0. The van der Waals surface area contributed by atoms with Crippen LogP contribution in [0.3, 0.4) is 0 Å². The smallest absolute Gasteiger partial charge is 0.0453 e. The zero-order chi connectivity index (χ0) is 8.27. The van der Waals surface area contributed by atoms with Crippen molar-refractivity contribution in [2.24, 2.45) is 0 Å². The maximum atomic E-state index is 5.92. The van der Waals surface area contributed by atoms with E-state index in [1.807, 2.05) is 12.1 Å². The number of rotatable bonds is 2. The SMILES string of the molecule is Clc1ccc(CCI)c(Cl)c1. The molecule has 0 fully saturated rings. The third-order valence-electron chi connectivity index (χ3n) is 1.38. The Morgan fingerprint density at radius 3 is 2.55 bits per heavy atom. The van der Waals surface area contributed by atoms with Crippen molar-refractivity contribution in [2.75, 3.05) is 4.43 Å². The molecule has 0 amide bonds. The van der Waals surface area contributed by atoms with E-state index in [2.05, 4.69) is 22.6 Å². The van der Waals surface area contributed by atoms with Crippen LogP contribution < -0.4 is 0 Å². The second-order valence-electron chi connectivity index (χ2n) is 2.17. The van der Waals surface area contributed by atoms with Crippen molar-refractivity contribution in [1.29, 1.82) is 0 Å². The first kappa shape index (κ1) is 9.62. The van der Waals surface area contributed by atoms with E-state index in [9.17, 15) is 0 Å². The van der Waals surface area contributed by atoms with Gasteiger partial charge in [-0.3, -0.25) is 0 Å². The Balaban J connectivity index is 2.90. The Kier molecular flexibility index (Phi) is 3.96. The van der Waals surface area contributed by atoms with Crippen molar-refractivity contribution in [3.05, 3.63) is 33.8 Å². The minimum absolute atomic E-state index is 0.701. The molecule has 60 valence electrons. The van der Waals surface area contributed by atoms with E-state index in [1.165, 1.54) is 5.56 Å². The molecule has 0 aromatic heterocycles. The minimum atomic E-state index is 0.701. The molecule has 0 N–H and O–H groups in total. The fourth-order valence-corrected chi connectivity index (χ4v) is 1.91. The highest BCUT2D eigenvalue weighted by molar-refractivity contribution is 14.1. The summed E-state index contributed by atoms with van der Waals surface area (Å²) in [7, 11) is 0. The molecule has 0 nitrogen and oxygen atoms in total. The molecule has 0 bridgehead atoms. The molecule has 0 saturated carbocycles. The first-order valence-electron chi connectivity index (χ1n) is 3.24. The van der Waals surface area contributed by atoms with E-state index < -0.39 is 0 Å². The van der Waals surface area contributed by atoms with Gasteiger partial charge in [-0.1, -0.05) is 51.9 Å². The molecule has 0 atom stereocenters. The summed E-state index contributed by atoms with van der Waals surface area (Å²) in [6.45, 7) is 0. The van der Waals surface area contributed by atoms with Crippen LogP contribution in [0.15, 0.2) is 18.2 Å². The molecule has 11 heavy (non-hydrogen) atoms. The Hall–Kier alpha value is 0.530. The highest BCUT2D eigenvalue weighted by atomic mass is 127. The van der Waals surface area contributed by atoms with Gasteiger partial charge in [0.05, 0.1) is 0 Å². The van der Waals surface area contributed by atoms with Crippen LogP contribution in [0.25, 0.3) is 0 Å². The van der Waals surface area contributed by atoms with Crippen molar-refractivity contribution < 1.29 is 0 Å². The molecular weight excluding hydrogens is 294 g/mol. The Bertz CT molecular complexity index is 248. The average molecular weight is 301 g/mol. The number of hydrogen-bond donors (Lipinski definition) is 0.